The first-order valence-corrected chi connectivity index (χ1v) is 23.1. The van der Waals surface area contributed by atoms with E-state index < -0.39 is 0 Å². The van der Waals surface area contributed by atoms with Crippen molar-refractivity contribution in [1.82, 2.24) is 0 Å². The minimum absolute atomic E-state index is 0.830. The summed E-state index contributed by atoms with van der Waals surface area (Å²) < 4.78 is 7.04. The second-order valence-corrected chi connectivity index (χ2v) is 17.0. The normalized spacial score (nSPS) is 11.2. The summed E-state index contributed by atoms with van der Waals surface area (Å²) in [4.78, 5) is 6.99. The van der Waals surface area contributed by atoms with Crippen LogP contribution in [-0.4, -0.2) is 0 Å². The fourth-order valence-electron chi connectivity index (χ4n) is 9.57. The first-order chi connectivity index (χ1) is 33.7. The highest BCUT2D eigenvalue weighted by Gasteiger charge is 2.22. The summed E-state index contributed by atoms with van der Waals surface area (Å²) in [5.41, 5.74) is 15.6. The standard InChI is InChI=1S/C64H45N3O/c1-6-24-51(25-7-1)65(52-26-8-2-9-27-52)56-34-18-22-48(41-56)49-37-39-63-61(43-49)62-45-59(67(55-32-14-5-15-33-55)58-38-36-46-20-16-17-21-47(46)40-58)44-60(64(62)68-63)50-23-19-35-57(42-50)66(53-28-10-3-11-29-53)54-30-12-4-13-31-54/h1-45H. The Balaban J connectivity index is 1.06. The van der Waals surface area contributed by atoms with Gasteiger partial charge in [0, 0.05) is 67.5 Å². The van der Waals surface area contributed by atoms with Gasteiger partial charge in [-0.05, 0) is 149 Å². The molecule has 0 amide bonds. The van der Waals surface area contributed by atoms with E-state index in [2.05, 4.69) is 288 Å². The lowest BCUT2D eigenvalue weighted by Crippen LogP contribution is -2.10. The Morgan fingerprint density at radius 1 is 0.235 bits per heavy atom. The average molecular weight is 872 g/mol. The van der Waals surface area contributed by atoms with E-state index in [0.29, 0.717) is 0 Å². The second-order valence-electron chi connectivity index (χ2n) is 17.0. The molecule has 11 aromatic carbocycles. The molecule has 12 rings (SSSR count). The molecule has 0 saturated carbocycles. The third-order valence-electron chi connectivity index (χ3n) is 12.7. The molecule has 1 aromatic heterocycles. The van der Waals surface area contributed by atoms with Crippen LogP contribution in [-0.2, 0) is 0 Å². The number of rotatable bonds is 11. The van der Waals surface area contributed by atoms with Gasteiger partial charge in [0.1, 0.15) is 11.2 Å². The smallest absolute Gasteiger partial charge is 0.143 e. The fourth-order valence-corrected chi connectivity index (χ4v) is 9.57. The van der Waals surface area contributed by atoms with Crippen molar-refractivity contribution in [1.29, 1.82) is 0 Å². The first kappa shape index (κ1) is 40.4. The summed E-state index contributed by atoms with van der Waals surface area (Å²) >= 11 is 0. The van der Waals surface area contributed by atoms with Gasteiger partial charge < -0.3 is 19.1 Å². The topological polar surface area (TPSA) is 22.9 Å². The van der Waals surface area contributed by atoms with E-state index in [1.165, 1.54) is 10.8 Å². The molecular weight excluding hydrogens is 827 g/mol. The number of hydrogen-bond donors (Lipinski definition) is 0. The zero-order valence-corrected chi connectivity index (χ0v) is 37.2. The summed E-state index contributed by atoms with van der Waals surface area (Å²) in [5, 5.41) is 4.47. The van der Waals surface area contributed by atoms with Gasteiger partial charge in [-0.15, -0.1) is 0 Å². The number of para-hydroxylation sites is 5. The van der Waals surface area contributed by atoms with Crippen molar-refractivity contribution < 1.29 is 4.42 Å². The van der Waals surface area contributed by atoms with E-state index in [-0.39, 0.29) is 0 Å². The number of furan rings is 1. The van der Waals surface area contributed by atoms with Crippen LogP contribution >= 0.6 is 0 Å². The predicted octanol–water partition coefficient (Wildman–Crippen LogP) is 18.5. The number of nitrogens with zero attached hydrogens (tertiary/aromatic N) is 3. The Bertz CT molecular complexity index is 3610. The molecule has 322 valence electrons. The van der Waals surface area contributed by atoms with Crippen LogP contribution in [0.3, 0.4) is 0 Å². The molecule has 4 nitrogen and oxygen atoms in total. The predicted molar refractivity (Wildman–Crippen MR) is 286 cm³/mol. The molecule has 4 heteroatoms. The molecule has 0 N–H and O–H groups in total. The number of benzene rings is 11. The Hall–Kier alpha value is -9.12. The molecule has 0 saturated heterocycles. The highest BCUT2D eigenvalue weighted by Crippen LogP contribution is 2.46. The van der Waals surface area contributed by atoms with E-state index in [0.717, 1.165) is 95.4 Å². The summed E-state index contributed by atoms with van der Waals surface area (Å²) in [6.07, 6.45) is 0. The molecule has 0 radical (unpaired) electrons. The van der Waals surface area contributed by atoms with Crippen LogP contribution in [0.4, 0.5) is 51.2 Å². The second kappa shape index (κ2) is 17.7. The molecule has 0 aliphatic rings. The zero-order chi connectivity index (χ0) is 45.2. The van der Waals surface area contributed by atoms with Crippen molar-refractivity contribution in [3.63, 3.8) is 0 Å². The molecule has 0 atom stereocenters. The number of anilines is 9. The largest absolute Gasteiger partial charge is 0.455 e. The van der Waals surface area contributed by atoms with Crippen LogP contribution in [0.2, 0.25) is 0 Å². The minimum atomic E-state index is 0.830. The van der Waals surface area contributed by atoms with Gasteiger partial charge in [-0.2, -0.15) is 0 Å². The van der Waals surface area contributed by atoms with Crippen molar-refractivity contribution >= 4 is 83.9 Å². The Morgan fingerprint density at radius 2 is 0.662 bits per heavy atom. The van der Waals surface area contributed by atoms with Crippen molar-refractivity contribution in [2.24, 2.45) is 0 Å². The van der Waals surface area contributed by atoms with Crippen LogP contribution in [0.15, 0.2) is 277 Å². The van der Waals surface area contributed by atoms with Gasteiger partial charge in [0.15, 0.2) is 0 Å². The summed E-state index contributed by atoms with van der Waals surface area (Å²) in [6.45, 7) is 0. The molecule has 0 aliphatic carbocycles. The van der Waals surface area contributed by atoms with E-state index >= 15 is 0 Å². The third-order valence-corrected chi connectivity index (χ3v) is 12.7. The van der Waals surface area contributed by atoms with E-state index in [1.54, 1.807) is 0 Å². The van der Waals surface area contributed by atoms with E-state index in [4.69, 9.17) is 4.42 Å². The maximum Gasteiger partial charge on any atom is 0.143 e. The third kappa shape index (κ3) is 7.70. The van der Waals surface area contributed by atoms with E-state index in [1.807, 2.05) is 0 Å². The van der Waals surface area contributed by atoms with Gasteiger partial charge in [0.2, 0.25) is 0 Å². The quantitative estimate of drug-likeness (QED) is 0.129. The average Bonchev–Trinajstić information content (AvgIpc) is 3.78. The summed E-state index contributed by atoms with van der Waals surface area (Å²) in [7, 11) is 0. The fraction of sp³-hybridized carbons (Fsp3) is 0. The summed E-state index contributed by atoms with van der Waals surface area (Å²) in [6, 6.07) is 97.1. The van der Waals surface area contributed by atoms with Crippen LogP contribution < -0.4 is 14.7 Å². The molecule has 12 aromatic rings. The highest BCUT2D eigenvalue weighted by molar-refractivity contribution is 6.13. The van der Waals surface area contributed by atoms with Crippen LogP contribution in [0.1, 0.15) is 0 Å². The van der Waals surface area contributed by atoms with Crippen LogP contribution in [0.5, 0.6) is 0 Å². The van der Waals surface area contributed by atoms with Gasteiger partial charge >= 0.3 is 0 Å². The molecule has 0 bridgehead atoms. The zero-order valence-electron chi connectivity index (χ0n) is 37.2. The summed E-state index contributed by atoms with van der Waals surface area (Å²) in [5.74, 6) is 0. The molecular formula is C64H45N3O. The van der Waals surface area contributed by atoms with Crippen molar-refractivity contribution in [3.05, 3.63) is 273 Å². The maximum absolute atomic E-state index is 7.04. The first-order valence-electron chi connectivity index (χ1n) is 23.1. The Kier molecular flexibility index (Phi) is 10.5. The molecule has 0 fully saturated rings. The van der Waals surface area contributed by atoms with Crippen LogP contribution in [0.25, 0.3) is 55.0 Å². The molecule has 0 aliphatic heterocycles. The lowest BCUT2D eigenvalue weighted by molar-refractivity contribution is 0.670. The SMILES string of the molecule is c1ccc(N(c2ccccc2)c2cccc(-c3ccc4oc5c(-c6cccc(N(c7ccccc7)c7ccccc7)c6)cc(N(c6ccccc6)c6ccc7ccccc7c6)cc5c4c3)c2)cc1. The molecule has 0 spiro atoms. The molecule has 68 heavy (non-hydrogen) atoms. The molecule has 1 heterocycles. The lowest BCUT2D eigenvalue weighted by atomic mass is 9.97. The Labute approximate surface area is 396 Å². The Morgan fingerprint density at radius 3 is 1.21 bits per heavy atom. The highest BCUT2D eigenvalue weighted by atomic mass is 16.3. The van der Waals surface area contributed by atoms with Gasteiger partial charge in [-0.1, -0.05) is 152 Å². The molecule has 0 unspecified atom stereocenters. The van der Waals surface area contributed by atoms with Crippen LogP contribution in [0, 0.1) is 0 Å². The lowest BCUT2D eigenvalue weighted by Gasteiger charge is -2.27. The minimum Gasteiger partial charge on any atom is -0.455 e. The van der Waals surface area contributed by atoms with Crippen molar-refractivity contribution in [2.75, 3.05) is 14.7 Å². The van der Waals surface area contributed by atoms with Crippen molar-refractivity contribution in [2.45, 2.75) is 0 Å². The van der Waals surface area contributed by atoms with Crippen molar-refractivity contribution in [3.8, 4) is 22.3 Å². The van der Waals surface area contributed by atoms with Gasteiger partial charge in [0.05, 0.1) is 0 Å². The number of hydrogen-bond acceptors (Lipinski definition) is 4. The number of fused-ring (bicyclic) bond motifs is 4. The van der Waals surface area contributed by atoms with Gasteiger partial charge in [0.25, 0.3) is 0 Å². The maximum atomic E-state index is 7.04. The van der Waals surface area contributed by atoms with Gasteiger partial charge in [-0.3, -0.25) is 0 Å². The monoisotopic (exact) mass is 871 g/mol. The van der Waals surface area contributed by atoms with E-state index in [9.17, 15) is 0 Å². The van der Waals surface area contributed by atoms with Gasteiger partial charge in [-0.25, -0.2) is 0 Å².